The molecule has 0 atom stereocenters. The van der Waals surface area contributed by atoms with E-state index in [4.69, 9.17) is 5.84 Å². The Bertz CT molecular complexity index is 943. The Labute approximate surface area is 153 Å². The molecule has 3 rings (SSSR count). The summed E-state index contributed by atoms with van der Waals surface area (Å²) in [7, 11) is 0. The largest absolute Gasteiger partial charge is 0.337 e. The second kappa shape index (κ2) is 7.70. The Hall–Kier alpha value is -3.33. The van der Waals surface area contributed by atoms with Crippen molar-refractivity contribution in [3.05, 3.63) is 70.9 Å². The minimum Gasteiger partial charge on any atom is -0.337 e. The SMILES string of the molecule is Nn1cc(-c2ccccc2)nc1SCC(=O)Nc1ccccc1[N+](=O)[O-]. The van der Waals surface area contributed by atoms with Crippen molar-refractivity contribution in [3.8, 4) is 11.3 Å². The Morgan fingerprint density at radius 3 is 2.62 bits per heavy atom. The van der Waals surface area contributed by atoms with Crippen LogP contribution in [-0.2, 0) is 4.79 Å². The lowest BCUT2D eigenvalue weighted by molar-refractivity contribution is -0.383. The molecule has 2 aromatic carbocycles. The number of nitro groups is 1. The average Bonchev–Trinajstić information content (AvgIpc) is 3.02. The predicted octanol–water partition coefficient (Wildman–Crippen LogP) is 2.90. The molecular formula is C17H15N5O3S. The van der Waals surface area contributed by atoms with Crippen LogP contribution in [0.15, 0.2) is 66.0 Å². The Kier molecular flexibility index (Phi) is 5.18. The van der Waals surface area contributed by atoms with Crippen LogP contribution in [0.1, 0.15) is 0 Å². The van der Waals surface area contributed by atoms with Crippen LogP contribution in [0.5, 0.6) is 0 Å². The topological polar surface area (TPSA) is 116 Å². The molecule has 132 valence electrons. The van der Waals surface area contributed by atoms with E-state index < -0.39 is 4.92 Å². The standard InChI is InChI=1S/C17H15N5O3S/c18-21-10-14(12-6-2-1-3-7-12)20-17(21)26-11-16(23)19-13-8-4-5-9-15(13)22(24)25/h1-10H,11,18H2,(H,19,23). The van der Waals surface area contributed by atoms with Crippen molar-refractivity contribution in [2.45, 2.75) is 5.16 Å². The molecule has 3 aromatic rings. The van der Waals surface area contributed by atoms with Crippen molar-refractivity contribution in [1.29, 1.82) is 0 Å². The van der Waals surface area contributed by atoms with Crippen LogP contribution in [0.2, 0.25) is 0 Å². The maximum absolute atomic E-state index is 12.1. The predicted molar refractivity (Wildman–Crippen MR) is 100 cm³/mol. The molecule has 0 spiro atoms. The monoisotopic (exact) mass is 369 g/mol. The number of nitro benzene ring substituents is 1. The lowest BCUT2D eigenvalue weighted by atomic mass is 10.2. The Morgan fingerprint density at radius 1 is 1.19 bits per heavy atom. The number of thioether (sulfide) groups is 1. The lowest BCUT2D eigenvalue weighted by Gasteiger charge is -2.05. The molecule has 0 saturated heterocycles. The van der Waals surface area contributed by atoms with Gasteiger partial charge < -0.3 is 11.2 Å². The summed E-state index contributed by atoms with van der Waals surface area (Å²) in [6.45, 7) is 0. The summed E-state index contributed by atoms with van der Waals surface area (Å²) < 4.78 is 1.35. The number of aromatic nitrogens is 2. The van der Waals surface area contributed by atoms with Crippen LogP contribution in [0, 0.1) is 10.1 Å². The van der Waals surface area contributed by atoms with Gasteiger partial charge in [0.1, 0.15) is 5.69 Å². The number of amides is 1. The first kappa shape index (κ1) is 17.5. The summed E-state index contributed by atoms with van der Waals surface area (Å²) in [4.78, 5) is 27.0. The van der Waals surface area contributed by atoms with Crippen LogP contribution >= 0.6 is 11.8 Å². The first-order chi connectivity index (χ1) is 12.5. The fraction of sp³-hybridized carbons (Fsp3) is 0.0588. The number of hydrogen-bond donors (Lipinski definition) is 2. The quantitative estimate of drug-likeness (QED) is 0.299. The smallest absolute Gasteiger partial charge is 0.292 e. The summed E-state index contributed by atoms with van der Waals surface area (Å²) in [5.74, 6) is 5.54. The van der Waals surface area contributed by atoms with E-state index in [-0.39, 0.29) is 23.0 Å². The van der Waals surface area contributed by atoms with Gasteiger partial charge in [0.15, 0.2) is 5.16 Å². The number of anilines is 1. The van der Waals surface area contributed by atoms with Crippen LogP contribution in [0.4, 0.5) is 11.4 Å². The molecule has 9 heteroatoms. The average molecular weight is 369 g/mol. The summed E-state index contributed by atoms with van der Waals surface area (Å²) in [5, 5.41) is 14.0. The minimum absolute atomic E-state index is 0.0223. The highest BCUT2D eigenvalue weighted by Crippen LogP contribution is 2.25. The molecule has 0 aliphatic rings. The van der Waals surface area contributed by atoms with Crippen LogP contribution in [-0.4, -0.2) is 26.2 Å². The molecule has 1 amide bonds. The molecule has 8 nitrogen and oxygen atoms in total. The molecule has 0 bridgehead atoms. The maximum atomic E-state index is 12.1. The number of rotatable bonds is 6. The van der Waals surface area contributed by atoms with E-state index in [1.807, 2.05) is 30.3 Å². The molecule has 0 unspecified atom stereocenters. The molecule has 3 N–H and O–H groups in total. The number of nitrogen functional groups attached to an aromatic ring is 1. The van der Waals surface area contributed by atoms with E-state index in [0.717, 1.165) is 17.3 Å². The Morgan fingerprint density at radius 2 is 1.88 bits per heavy atom. The second-order valence-electron chi connectivity index (χ2n) is 5.29. The van der Waals surface area contributed by atoms with Gasteiger partial charge in [-0.05, 0) is 6.07 Å². The number of carbonyl (C=O) groups excluding carboxylic acids is 1. The van der Waals surface area contributed by atoms with E-state index in [2.05, 4.69) is 10.3 Å². The summed E-state index contributed by atoms with van der Waals surface area (Å²) in [6, 6.07) is 15.5. The molecule has 0 radical (unpaired) electrons. The molecule has 1 aromatic heterocycles. The van der Waals surface area contributed by atoms with Gasteiger partial charge >= 0.3 is 0 Å². The number of carbonyl (C=O) groups is 1. The fourth-order valence-electron chi connectivity index (χ4n) is 2.29. The molecule has 26 heavy (non-hydrogen) atoms. The Balaban J connectivity index is 1.65. The summed E-state index contributed by atoms with van der Waals surface area (Å²) >= 11 is 1.15. The lowest BCUT2D eigenvalue weighted by Crippen LogP contribution is -2.16. The number of nitrogens with two attached hydrogens (primary N) is 1. The van der Waals surface area contributed by atoms with Gasteiger partial charge in [0, 0.05) is 11.6 Å². The van der Waals surface area contributed by atoms with Gasteiger partial charge in [-0.25, -0.2) is 9.66 Å². The number of hydrogen-bond acceptors (Lipinski definition) is 6. The van der Waals surface area contributed by atoms with E-state index in [9.17, 15) is 14.9 Å². The van der Waals surface area contributed by atoms with Crippen molar-refractivity contribution < 1.29 is 9.72 Å². The van der Waals surface area contributed by atoms with Gasteiger partial charge in [0.05, 0.1) is 22.6 Å². The normalized spacial score (nSPS) is 10.5. The first-order valence-corrected chi connectivity index (χ1v) is 8.59. The second-order valence-corrected chi connectivity index (χ2v) is 6.24. The highest BCUT2D eigenvalue weighted by atomic mass is 32.2. The van der Waals surface area contributed by atoms with Crippen molar-refractivity contribution in [1.82, 2.24) is 9.66 Å². The highest BCUT2D eigenvalue weighted by molar-refractivity contribution is 7.99. The maximum Gasteiger partial charge on any atom is 0.292 e. The third kappa shape index (κ3) is 4.01. The molecule has 0 aliphatic carbocycles. The number of benzene rings is 2. The number of nitrogens with one attached hydrogen (secondary N) is 1. The number of imidazole rings is 1. The third-order valence-electron chi connectivity index (χ3n) is 3.48. The van der Waals surface area contributed by atoms with Crippen molar-refractivity contribution in [3.63, 3.8) is 0 Å². The van der Waals surface area contributed by atoms with Gasteiger partial charge in [-0.1, -0.05) is 54.2 Å². The van der Waals surface area contributed by atoms with Crippen molar-refractivity contribution in [2.24, 2.45) is 0 Å². The van der Waals surface area contributed by atoms with E-state index >= 15 is 0 Å². The van der Waals surface area contributed by atoms with E-state index in [1.165, 1.54) is 16.8 Å². The van der Waals surface area contributed by atoms with Gasteiger partial charge in [-0.15, -0.1) is 0 Å². The zero-order valence-corrected chi connectivity index (χ0v) is 14.3. The highest BCUT2D eigenvalue weighted by Gasteiger charge is 2.16. The fourth-order valence-corrected chi connectivity index (χ4v) is 2.98. The van der Waals surface area contributed by atoms with Gasteiger partial charge in [0.2, 0.25) is 5.91 Å². The molecular weight excluding hydrogens is 354 g/mol. The minimum atomic E-state index is -0.540. The first-order valence-electron chi connectivity index (χ1n) is 7.60. The van der Waals surface area contributed by atoms with Crippen LogP contribution in [0.3, 0.4) is 0 Å². The van der Waals surface area contributed by atoms with Gasteiger partial charge in [-0.3, -0.25) is 14.9 Å². The van der Waals surface area contributed by atoms with Gasteiger partial charge in [-0.2, -0.15) is 0 Å². The molecule has 0 saturated carbocycles. The zero-order chi connectivity index (χ0) is 18.5. The molecule has 0 fully saturated rings. The number of nitrogens with zero attached hydrogens (tertiary/aromatic N) is 3. The summed E-state index contributed by atoms with van der Waals surface area (Å²) in [5.41, 5.74) is 1.62. The van der Waals surface area contributed by atoms with E-state index in [1.54, 1.807) is 18.3 Å². The number of para-hydroxylation sites is 2. The van der Waals surface area contributed by atoms with Crippen LogP contribution < -0.4 is 11.2 Å². The van der Waals surface area contributed by atoms with Crippen molar-refractivity contribution >= 4 is 29.0 Å². The summed E-state index contributed by atoms with van der Waals surface area (Å²) in [6.07, 6.45) is 1.68. The molecule has 1 heterocycles. The third-order valence-corrected chi connectivity index (χ3v) is 4.44. The van der Waals surface area contributed by atoms with Crippen molar-refractivity contribution in [2.75, 3.05) is 16.9 Å². The molecule has 0 aliphatic heterocycles. The van der Waals surface area contributed by atoms with E-state index in [0.29, 0.717) is 10.9 Å². The zero-order valence-electron chi connectivity index (χ0n) is 13.5. The van der Waals surface area contributed by atoms with Crippen LogP contribution in [0.25, 0.3) is 11.3 Å². The van der Waals surface area contributed by atoms with Gasteiger partial charge in [0.25, 0.3) is 5.69 Å².